The molecule has 0 spiro atoms. The molecule has 3 aliphatic rings. The van der Waals surface area contributed by atoms with Crippen molar-refractivity contribution in [1.29, 1.82) is 0 Å². The lowest BCUT2D eigenvalue weighted by Gasteiger charge is -2.42. The lowest BCUT2D eigenvalue weighted by atomic mass is 9.44. The Morgan fingerprint density at radius 1 is 0.561 bits per heavy atom. The van der Waals surface area contributed by atoms with E-state index in [0.717, 1.165) is 21.9 Å². The second kappa shape index (κ2) is 12.4. The molecule has 15 rings (SSSR count). The first-order chi connectivity index (χ1) is 31.8. The molecule has 3 nitrogen and oxygen atoms in total. The van der Waals surface area contributed by atoms with Gasteiger partial charge in [-0.25, -0.2) is 0 Å². The van der Waals surface area contributed by atoms with Crippen molar-refractivity contribution in [3.8, 4) is 16.8 Å². The van der Waals surface area contributed by atoms with E-state index in [2.05, 4.69) is 191 Å². The summed E-state index contributed by atoms with van der Waals surface area (Å²) < 4.78 is 14.9. The fourth-order valence-corrected chi connectivity index (χ4v) is 14.9. The van der Waals surface area contributed by atoms with Gasteiger partial charge in [-0.1, -0.05) is 109 Å². The van der Waals surface area contributed by atoms with E-state index in [-0.39, 0.29) is 23.1 Å². The van der Waals surface area contributed by atoms with Crippen LogP contribution in [0.3, 0.4) is 0 Å². The Kier molecular flexibility index (Phi) is 7.08. The van der Waals surface area contributed by atoms with E-state index in [1.165, 1.54) is 131 Å². The number of hydrogen-bond acceptors (Lipinski definition) is 4. The van der Waals surface area contributed by atoms with Crippen LogP contribution in [0.25, 0.3) is 101 Å². The van der Waals surface area contributed by atoms with Crippen molar-refractivity contribution in [2.45, 2.75) is 77.6 Å². The minimum absolute atomic E-state index is 0.0375. The number of rotatable bonds is 1. The molecule has 12 aromatic rings. The van der Waals surface area contributed by atoms with Crippen molar-refractivity contribution in [3.05, 3.63) is 150 Å². The molecule has 6 heteroatoms. The SMILES string of the molecule is CC(C)(C)c1ccc(N2B3c4cc5sc6ccccc6c5cc4-n4c5ccc6c7ccccc7oc6c5c5ccc(c3c54)-c3cc4c(cc32)sc2cc3c(cc24)C(C)(C)CCC3(C)C)cc1. The molecular weight excluding hydrogens is 840 g/mol. The second-order valence-corrected chi connectivity index (χ2v) is 24.1. The number of benzene rings is 8. The fourth-order valence-electron chi connectivity index (χ4n) is 12.6. The quantitative estimate of drug-likeness (QED) is 0.153. The van der Waals surface area contributed by atoms with Gasteiger partial charge in [0, 0.05) is 79.1 Å². The summed E-state index contributed by atoms with van der Waals surface area (Å²) in [5.74, 6) is 0. The molecule has 0 radical (unpaired) electrons. The second-order valence-electron chi connectivity index (χ2n) is 21.9. The number of furan rings is 1. The number of anilines is 2. The summed E-state index contributed by atoms with van der Waals surface area (Å²) in [5.41, 5.74) is 18.1. The largest absolute Gasteiger partial charge is 0.455 e. The normalized spacial score (nSPS) is 16.2. The summed E-state index contributed by atoms with van der Waals surface area (Å²) in [4.78, 5) is 2.71. The Balaban J connectivity index is 1.10. The highest BCUT2D eigenvalue weighted by molar-refractivity contribution is 7.26. The van der Waals surface area contributed by atoms with Gasteiger partial charge in [0.2, 0.25) is 0 Å². The van der Waals surface area contributed by atoms with Crippen LogP contribution in [0, 0.1) is 0 Å². The van der Waals surface area contributed by atoms with Gasteiger partial charge in [-0.2, -0.15) is 0 Å². The predicted molar refractivity (Wildman–Crippen MR) is 287 cm³/mol. The van der Waals surface area contributed by atoms with Crippen molar-refractivity contribution in [2.75, 3.05) is 4.81 Å². The molecule has 6 heterocycles. The average Bonchev–Trinajstić information content (AvgIpc) is 4.06. The Morgan fingerprint density at radius 3 is 2.03 bits per heavy atom. The molecule has 0 saturated heterocycles. The van der Waals surface area contributed by atoms with Crippen LogP contribution < -0.4 is 15.7 Å². The molecule has 66 heavy (non-hydrogen) atoms. The van der Waals surface area contributed by atoms with Crippen LogP contribution in [0.1, 0.15) is 78.0 Å². The first kappa shape index (κ1) is 37.8. The molecule has 0 atom stereocenters. The molecule has 0 unspecified atom stereocenters. The van der Waals surface area contributed by atoms with Gasteiger partial charge in [0.05, 0.1) is 16.4 Å². The van der Waals surface area contributed by atoms with Crippen molar-refractivity contribution in [2.24, 2.45) is 0 Å². The summed E-state index contributed by atoms with van der Waals surface area (Å²) in [6.07, 6.45) is 2.41. The van der Waals surface area contributed by atoms with Crippen molar-refractivity contribution in [1.82, 2.24) is 4.57 Å². The lowest BCUT2D eigenvalue weighted by molar-refractivity contribution is 0.332. The summed E-state index contributed by atoms with van der Waals surface area (Å²) in [6.45, 7) is 16.7. The Labute approximate surface area is 392 Å². The number of thiophene rings is 2. The molecular formula is C60H47BN2OS2. The van der Waals surface area contributed by atoms with E-state index >= 15 is 0 Å². The zero-order chi connectivity index (χ0) is 44.3. The van der Waals surface area contributed by atoms with Crippen LogP contribution in [0.4, 0.5) is 11.4 Å². The minimum Gasteiger partial charge on any atom is -0.455 e. The molecule has 318 valence electrons. The van der Waals surface area contributed by atoms with E-state index in [1.54, 1.807) is 0 Å². The van der Waals surface area contributed by atoms with Gasteiger partial charge >= 0.3 is 6.85 Å². The number of nitrogens with zero attached hydrogens (tertiary/aromatic N) is 2. The Morgan fingerprint density at radius 2 is 1.23 bits per heavy atom. The summed E-state index contributed by atoms with van der Waals surface area (Å²) in [6, 6.07) is 51.8. The van der Waals surface area contributed by atoms with Crippen LogP contribution in [0.2, 0.25) is 0 Å². The van der Waals surface area contributed by atoms with Crippen molar-refractivity contribution in [3.63, 3.8) is 0 Å². The average molecular weight is 887 g/mol. The molecule has 0 saturated carbocycles. The van der Waals surface area contributed by atoms with E-state index < -0.39 is 0 Å². The van der Waals surface area contributed by atoms with Crippen LogP contribution in [-0.4, -0.2) is 11.4 Å². The maximum absolute atomic E-state index is 6.90. The smallest absolute Gasteiger partial charge is 0.333 e. The standard InChI is InChI=1S/C60H47BN2OS2/c1-58(2,3)32-16-18-33(19-17-32)63-47-31-53-40(41-27-43-44(29-51(41)66-53)60(6,7)25-24-59(43,4)5)26-39(47)36-20-21-38-54-46(23-22-37-34-12-8-10-14-49(34)64-57(37)54)62-48-28-42-35-13-9-11-15-50(35)65-52(42)30-45(48)61(63)55(36)56(38)62/h8-23,26-31H,24-25H2,1-7H3. The molecule has 0 amide bonds. The summed E-state index contributed by atoms with van der Waals surface area (Å²) in [5, 5.41) is 10.1. The molecule has 2 aliphatic heterocycles. The topological polar surface area (TPSA) is 21.3 Å². The monoisotopic (exact) mass is 886 g/mol. The molecule has 1 aliphatic carbocycles. The number of fused-ring (bicyclic) bond motifs is 19. The van der Waals surface area contributed by atoms with E-state index in [4.69, 9.17) is 4.42 Å². The van der Waals surface area contributed by atoms with E-state index in [9.17, 15) is 0 Å². The third-order valence-corrected chi connectivity index (χ3v) is 18.4. The zero-order valence-electron chi connectivity index (χ0n) is 38.3. The van der Waals surface area contributed by atoms with Crippen molar-refractivity contribution < 1.29 is 4.42 Å². The van der Waals surface area contributed by atoms with Gasteiger partial charge in [0.15, 0.2) is 0 Å². The third kappa shape index (κ3) is 4.79. The van der Waals surface area contributed by atoms with Gasteiger partial charge in [0.25, 0.3) is 0 Å². The molecule has 0 bridgehead atoms. The first-order valence-electron chi connectivity index (χ1n) is 23.6. The number of aromatic nitrogens is 1. The van der Waals surface area contributed by atoms with Crippen LogP contribution in [0.5, 0.6) is 0 Å². The predicted octanol–water partition coefficient (Wildman–Crippen LogP) is 16.3. The highest BCUT2D eigenvalue weighted by Crippen LogP contribution is 2.53. The van der Waals surface area contributed by atoms with Gasteiger partial charge in [-0.15, -0.1) is 22.7 Å². The van der Waals surface area contributed by atoms with Crippen molar-refractivity contribution >= 4 is 136 Å². The van der Waals surface area contributed by atoms with Crippen LogP contribution in [-0.2, 0) is 16.2 Å². The number of para-hydroxylation sites is 1. The fraction of sp³-hybridized carbons (Fsp3) is 0.200. The highest BCUT2D eigenvalue weighted by Gasteiger charge is 2.45. The van der Waals surface area contributed by atoms with E-state index in [0.29, 0.717) is 0 Å². The van der Waals surface area contributed by atoms with Gasteiger partial charge in [0.1, 0.15) is 11.2 Å². The number of hydrogen-bond donors (Lipinski definition) is 0. The van der Waals surface area contributed by atoms with Gasteiger partial charge < -0.3 is 13.8 Å². The Bertz CT molecular complexity index is 4170. The van der Waals surface area contributed by atoms with Gasteiger partial charge in [-0.3, -0.25) is 0 Å². The highest BCUT2D eigenvalue weighted by atomic mass is 32.1. The van der Waals surface area contributed by atoms with Crippen LogP contribution in [0.15, 0.2) is 138 Å². The summed E-state index contributed by atoms with van der Waals surface area (Å²) >= 11 is 3.89. The zero-order valence-corrected chi connectivity index (χ0v) is 39.9. The molecule has 8 aromatic carbocycles. The molecule has 4 aromatic heterocycles. The maximum atomic E-state index is 6.90. The molecule has 0 fully saturated rings. The Hall–Kier alpha value is -6.34. The summed E-state index contributed by atoms with van der Waals surface area (Å²) in [7, 11) is 0. The first-order valence-corrected chi connectivity index (χ1v) is 25.3. The van der Waals surface area contributed by atoms with E-state index in [1.807, 2.05) is 22.7 Å². The lowest BCUT2D eigenvalue weighted by Crippen LogP contribution is -2.60. The van der Waals surface area contributed by atoms with Gasteiger partial charge in [-0.05, 0) is 135 Å². The molecule has 0 N–H and O–H groups in total. The maximum Gasteiger partial charge on any atom is 0.333 e. The third-order valence-electron chi connectivity index (χ3n) is 16.2. The van der Waals surface area contributed by atoms with Crippen LogP contribution >= 0.6 is 22.7 Å². The minimum atomic E-state index is -0.0787.